The molecule has 10 heteroatoms. The van der Waals surface area contributed by atoms with Crippen molar-refractivity contribution in [3.8, 4) is 5.75 Å². The highest BCUT2D eigenvalue weighted by atomic mass is 79.9. The van der Waals surface area contributed by atoms with Gasteiger partial charge in [0.05, 0.1) is 23.8 Å². The number of halogens is 1. The summed E-state index contributed by atoms with van der Waals surface area (Å²) < 4.78 is 36.8. The Bertz CT molecular complexity index is 979. The van der Waals surface area contributed by atoms with Gasteiger partial charge in [0, 0.05) is 17.7 Å². The lowest BCUT2D eigenvalue weighted by atomic mass is 10.3. The summed E-state index contributed by atoms with van der Waals surface area (Å²) in [7, 11) is -2.04. The molecule has 1 N–H and O–H groups in total. The Morgan fingerprint density at radius 1 is 1.24 bits per heavy atom. The fourth-order valence-electron chi connectivity index (χ4n) is 2.21. The van der Waals surface area contributed by atoms with Crippen LogP contribution in [0.3, 0.4) is 0 Å². The Labute approximate surface area is 153 Å². The third kappa shape index (κ3) is 4.20. The molecule has 0 saturated carbocycles. The van der Waals surface area contributed by atoms with Crippen LogP contribution in [-0.4, -0.2) is 28.0 Å². The third-order valence-electron chi connectivity index (χ3n) is 3.32. The van der Waals surface area contributed by atoms with Gasteiger partial charge in [-0.15, -0.1) is 0 Å². The van der Waals surface area contributed by atoms with E-state index in [1.54, 1.807) is 20.2 Å². The Morgan fingerprint density at radius 2 is 1.96 bits per heavy atom. The van der Waals surface area contributed by atoms with Crippen LogP contribution in [-0.2, 0) is 23.8 Å². The molecule has 0 radical (unpaired) electrons. The number of nitrogens with zero attached hydrogens (tertiary/aromatic N) is 4. The second kappa shape index (κ2) is 6.89. The predicted molar refractivity (Wildman–Crippen MR) is 95.8 cm³/mol. The number of benzene rings is 1. The molecule has 3 rings (SSSR count). The number of ether oxygens (including phenoxy) is 1. The number of aryl methyl sites for hydroxylation is 2. The van der Waals surface area contributed by atoms with Crippen LogP contribution in [0.15, 0.2) is 52.2 Å². The van der Waals surface area contributed by atoms with Crippen molar-refractivity contribution in [3.63, 3.8) is 0 Å². The maximum absolute atomic E-state index is 12.4. The summed E-state index contributed by atoms with van der Waals surface area (Å²) in [6.07, 6.45) is 4.44. The van der Waals surface area contributed by atoms with Crippen molar-refractivity contribution in [3.05, 3.63) is 53.0 Å². The summed E-state index contributed by atoms with van der Waals surface area (Å²) in [5, 5.41) is 8.14. The van der Waals surface area contributed by atoms with Crippen LogP contribution in [0.4, 0.5) is 5.69 Å². The van der Waals surface area contributed by atoms with Gasteiger partial charge in [0.2, 0.25) is 0 Å². The summed E-state index contributed by atoms with van der Waals surface area (Å²) in [6.45, 7) is 1.80. The molecule has 0 atom stereocenters. The number of sulfonamides is 1. The minimum absolute atomic E-state index is 0.133. The molecule has 0 aliphatic rings. The fourth-order valence-corrected chi connectivity index (χ4v) is 3.72. The zero-order chi connectivity index (χ0) is 18.0. The number of rotatable bonds is 6. The molecule has 132 valence electrons. The molecular formula is C15H16BrN5O3S. The molecule has 1 aromatic carbocycles. The lowest BCUT2D eigenvalue weighted by molar-refractivity contribution is 0.221. The normalized spacial score (nSPS) is 11.5. The van der Waals surface area contributed by atoms with E-state index in [1.807, 2.05) is 24.3 Å². The minimum atomic E-state index is -3.71. The Morgan fingerprint density at radius 3 is 2.60 bits per heavy atom. The van der Waals surface area contributed by atoms with Gasteiger partial charge in [0.25, 0.3) is 10.0 Å². The zero-order valence-corrected chi connectivity index (χ0v) is 16.0. The molecule has 25 heavy (non-hydrogen) atoms. The van der Waals surface area contributed by atoms with Crippen LogP contribution in [0.2, 0.25) is 0 Å². The molecule has 0 saturated heterocycles. The SMILES string of the molecule is Cc1nn(C)cc1S(=O)(=O)Nc1cnn(COc2ccc(Br)cc2)c1. The number of anilines is 1. The Kier molecular flexibility index (Phi) is 4.82. The topological polar surface area (TPSA) is 91.0 Å². The van der Waals surface area contributed by atoms with Crippen LogP contribution in [0, 0.1) is 6.92 Å². The second-order valence-corrected chi connectivity index (χ2v) is 7.92. The van der Waals surface area contributed by atoms with Crippen LogP contribution in [0.25, 0.3) is 0 Å². The summed E-state index contributed by atoms with van der Waals surface area (Å²) in [6, 6.07) is 7.38. The van der Waals surface area contributed by atoms with Crippen LogP contribution in [0.5, 0.6) is 5.75 Å². The quantitative estimate of drug-likeness (QED) is 0.654. The molecule has 0 aliphatic carbocycles. The molecule has 0 bridgehead atoms. The summed E-state index contributed by atoms with van der Waals surface area (Å²) in [4.78, 5) is 0.133. The van der Waals surface area contributed by atoms with Crippen molar-refractivity contribution < 1.29 is 13.2 Å². The standard InChI is InChI=1S/C15H16BrN5O3S/c1-11-15(9-20(2)18-11)25(22,23)19-13-7-17-21(8-13)10-24-14-5-3-12(16)4-6-14/h3-9,19H,10H2,1-2H3. The van der Waals surface area contributed by atoms with Crippen molar-refractivity contribution in [2.75, 3.05) is 4.72 Å². The Hall–Kier alpha value is -2.33. The zero-order valence-electron chi connectivity index (χ0n) is 13.5. The van der Waals surface area contributed by atoms with Gasteiger partial charge in [-0.05, 0) is 31.2 Å². The van der Waals surface area contributed by atoms with Crippen molar-refractivity contribution >= 4 is 31.6 Å². The van der Waals surface area contributed by atoms with E-state index in [0.717, 1.165) is 4.47 Å². The van der Waals surface area contributed by atoms with Crippen molar-refractivity contribution in [1.29, 1.82) is 0 Å². The van der Waals surface area contributed by atoms with Gasteiger partial charge >= 0.3 is 0 Å². The first-order valence-corrected chi connectivity index (χ1v) is 9.55. The van der Waals surface area contributed by atoms with E-state index in [2.05, 4.69) is 30.8 Å². The lowest BCUT2D eigenvalue weighted by Crippen LogP contribution is -2.13. The summed E-state index contributed by atoms with van der Waals surface area (Å²) in [5.74, 6) is 0.687. The van der Waals surface area contributed by atoms with Gasteiger partial charge in [-0.1, -0.05) is 15.9 Å². The Balaban J connectivity index is 1.67. The average Bonchev–Trinajstić information content (AvgIpc) is 3.12. The van der Waals surface area contributed by atoms with E-state index >= 15 is 0 Å². The lowest BCUT2D eigenvalue weighted by Gasteiger charge is -2.06. The number of hydrogen-bond donors (Lipinski definition) is 1. The first-order valence-electron chi connectivity index (χ1n) is 7.27. The maximum atomic E-state index is 12.4. The number of aromatic nitrogens is 4. The molecule has 0 fully saturated rings. The fraction of sp³-hybridized carbons (Fsp3) is 0.200. The van der Waals surface area contributed by atoms with E-state index in [9.17, 15) is 8.42 Å². The van der Waals surface area contributed by atoms with Crippen LogP contribution < -0.4 is 9.46 Å². The van der Waals surface area contributed by atoms with Gasteiger partial charge < -0.3 is 4.74 Å². The average molecular weight is 426 g/mol. The largest absolute Gasteiger partial charge is 0.471 e. The molecule has 0 unspecified atom stereocenters. The highest BCUT2D eigenvalue weighted by Crippen LogP contribution is 2.19. The van der Waals surface area contributed by atoms with Crippen LogP contribution >= 0.6 is 15.9 Å². The number of nitrogens with one attached hydrogen (secondary N) is 1. The molecular weight excluding hydrogens is 410 g/mol. The minimum Gasteiger partial charge on any atom is -0.471 e. The van der Waals surface area contributed by atoms with Gasteiger partial charge in [0.15, 0.2) is 6.73 Å². The van der Waals surface area contributed by atoms with E-state index in [-0.39, 0.29) is 11.6 Å². The monoisotopic (exact) mass is 425 g/mol. The number of hydrogen-bond acceptors (Lipinski definition) is 5. The first kappa shape index (κ1) is 17.5. The molecule has 0 amide bonds. The molecule has 8 nitrogen and oxygen atoms in total. The summed E-state index contributed by atoms with van der Waals surface area (Å²) >= 11 is 3.35. The molecule has 2 aromatic heterocycles. The maximum Gasteiger partial charge on any atom is 0.265 e. The van der Waals surface area contributed by atoms with Gasteiger partial charge in [0.1, 0.15) is 10.6 Å². The van der Waals surface area contributed by atoms with Crippen molar-refractivity contribution in [1.82, 2.24) is 19.6 Å². The molecule has 0 aliphatic heterocycles. The first-order chi connectivity index (χ1) is 11.8. The highest BCUT2D eigenvalue weighted by Gasteiger charge is 2.20. The molecule has 3 aromatic rings. The van der Waals surface area contributed by atoms with Gasteiger partial charge in [-0.2, -0.15) is 10.2 Å². The highest BCUT2D eigenvalue weighted by molar-refractivity contribution is 9.10. The van der Waals surface area contributed by atoms with Crippen molar-refractivity contribution in [2.45, 2.75) is 18.6 Å². The van der Waals surface area contributed by atoms with Gasteiger partial charge in [-0.3, -0.25) is 9.40 Å². The van der Waals surface area contributed by atoms with E-state index in [4.69, 9.17) is 4.74 Å². The predicted octanol–water partition coefficient (Wildman–Crippen LogP) is 2.52. The smallest absolute Gasteiger partial charge is 0.265 e. The summed E-state index contributed by atoms with van der Waals surface area (Å²) in [5.41, 5.74) is 0.781. The van der Waals surface area contributed by atoms with E-state index < -0.39 is 10.0 Å². The van der Waals surface area contributed by atoms with E-state index in [1.165, 1.54) is 21.8 Å². The van der Waals surface area contributed by atoms with Crippen LogP contribution in [0.1, 0.15) is 5.69 Å². The second-order valence-electron chi connectivity index (χ2n) is 5.35. The van der Waals surface area contributed by atoms with E-state index in [0.29, 0.717) is 17.1 Å². The van der Waals surface area contributed by atoms with Gasteiger partial charge in [-0.25, -0.2) is 13.1 Å². The molecule has 2 heterocycles. The third-order valence-corrected chi connectivity index (χ3v) is 5.33. The van der Waals surface area contributed by atoms with Crippen molar-refractivity contribution in [2.24, 2.45) is 7.05 Å². The molecule has 0 spiro atoms.